The van der Waals surface area contributed by atoms with Gasteiger partial charge in [-0.3, -0.25) is 19.3 Å². The lowest BCUT2D eigenvalue weighted by molar-refractivity contribution is -0.734. The van der Waals surface area contributed by atoms with Crippen molar-refractivity contribution in [3.63, 3.8) is 0 Å². The molecule has 3 aliphatic rings. The molecule has 0 aromatic heterocycles. The number of carboxylic acids is 1. The van der Waals surface area contributed by atoms with Crippen LogP contribution < -0.4 is 15.7 Å². The molecular formula is C20H22ClN3O5. The van der Waals surface area contributed by atoms with Crippen LogP contribution in [0.1, 0.15) is 38.2 Å². The highest BCUT2D eigenvalue weighted by Gasteiger charge is 2.73. The fourth-order valence-electron chi connectivity index (χ4n) is 5.08. The second kappa shape index (κ2) is 7.11. The quantitative estimate of drug-likeness (QED) is 0.594. The molecule has 9 heteroatoms. The van der Waals surface area contributed by atoms with Gasteiger partial charge in [0.1, 0.15) is 17.9 Å². The summed E-state index contributed by atoms with van der Waals surface area (Å²) in [6.07, 6.45) is 1.37. The number of likely N-dealkylation sites (tertiary alicyclic amines) is 1. The number of anilines is 1. The van der Waals surface area contributed by atoms with Crippen LogP contribution in [-0.2, 0) is 24.7 Å². The zero-order chi connectivity index (χ0) is 20.9. The summed E-state index contributed by atoms with van der Waals surface area (Å²) >= 11 is 6.18. The Hall–Kier alpha value is -2.45. The van der Waals surface area contributed by atoms with E-state index in [9.17, 15) is 24.3 Å². The van der Waals surface area contributed by atoms with Crippen molar-refractivity contribution in [2.45, 2.75) is 44.2 Å². The number of nitrogens with zero attached hydrogens (tertiary/aromatic N) is 1. The highest BCUT2D eigenvalue weighted by molar-refractivity contribution is 6.31. The monoisotopic (exact) mass is 419 g/mol. The van der Waals surface area contributed by atoms with E-state index < -0.39 is 29.4 Å². The summed E-state index contributed by atoms with van der Waals surface area (Å²) in [4.78, 5) is 51.9. The summed E-state index contributed by atoms with van der Waals surface area (Å²) in [6, 6.07) is 4.46. The molecule has 1 aromatic rings. The molecule has 0 saturated carbocycles. The standard InChI is InChI=1S/C20H22ClN3O5/c1-2-3-8-24-17(27)15-13(6-7-14(25)26)23-20(16(15)18(24)28)11-9-10(21)4-5-12(11)22-19(20)29/h4-5,9,13,15-16,23H,2-3,6-8H2,1H3,(H,22,29)(H,25,26)/t13-,15-,16+,20-/m1/s1. The minimum atomic E-state index is -1.32. The lowest BCUT2D eigenvalue weighted by Gasteiger charge is -2.26. The van der Waals surface area contributed by atoms with Gasteiger partial charge >= 0.3 is 0 Å². The molecular weight excluding hydrogens is 398 g/mol. The van der Waals surface area contributed by atoms with Gasteiger partial charge in [0.05, 0.1) is 5.69 Å². The third-order valence-corrected chi connectivity index (χ3v) is 6.57. The Balaban J connectivity index is 1.81. The maximum atomic E-state index is 13.3. The van der Waals surface area contributed by atoms with Gasteiger partial charge < -0.3 is 20.5 Å². The lowest BCUT2D eigenvalue weighted by Crippen LogP contribution is -2.99. The molecule has 0 bridgehead atoms. The van der Waals surface area contributed by atoms with E-state index in [-0.39, 0.29) is 30.6 Å². The number of aliphatic carboxylic acids is 1. The van der Waals surface area contributed by atoms with E-state index >= 15 is 0 Å². The molecule has 3 N–H and O–H groups in total. The second-order valence-electron chi connectivity index (χ2n) is 7.94. The summed E-state index contributed by atoms with van der Waals surface area (Å²) < 4.78 is 0. The van der Waals surface area contributed by atoms with Crippen LogP contribution in [0, 0.1) is 11.8 Å². The van der Waals surface area contributed by atoms with E-state index in [2.05, 4.69) is 5.32 Å². The summed E-state index contributed by atoms with van der Waals surface area (Å²) in [5, 5.41) is 16.0. The van der Waals surface area contributed by atoms with Gasteiger partial charge in [0, 0.05) is 29.5 Å². The Morgan fingerprint density at radius 3 is 2.76 bits per heavy atom. The zero-order valence-corrected chi connectivity index (χ0v) is 16.7. The number of amides is 3. The number of unbranched alkanes of at least 4 members (excludes halogenated alkanes) is 1. The smallest absolute Gasteiger partial charge is 0.291 e. The van der Waals surface area contributed by atoms with E-state index in [0.29, 0.717) is 29.2 Å². The first-order chi connectivity index (χ1) is 13.8. The zero-order valence-electron chi connectivity index (χ0n) is 15.9. The van der Waals surface area contributed by atoms with Gasteiger partial charge in [-0.2, -0.15) is 0 Å². The van der Waals surface area contributed by atoms with Crippen molar-refractivity contribution in [2.75, 3.05) is 11.9 Å². The third-order valence-electron chi connectivity index (χ3n) is 6.34. The number of hydrogen-bond acceptors (Lipinski definition) is 5. The van der Waals surface area contributed by atoms with Crippen molar-refractivity contribution in [2.24, 2.45) is 11.8 Å². The second-order valence-corrected chi connectivity index (χ2v) is 8.38. The lowest BCUT2D eigenvalue weighted by atomic mass is 9.76. The van der Waals surface area contributed by atoms with Crippen molar-refractivity contribution >= 4 is 41.0 Å². The van der Waals surface area contributed by atoms with E-state index in [4.69, 9.17) is 11.6 Å². The van der Waals surface area contributed by atoms with Gasteiger partial charge in [0.2, 0.25) is 17.4 Å². The molecule has 0 unspecified atom stereocenters. The number of carbonyl (C=O) groups is 4. The van der Waals surface area contributed by atoms with Crippen molar-refractivity contribution in [1.82, 2.24) is 4.90 Å². The highest BCUT2D eigenvalue weighted by atomic mass is 35.5. The third kappa shape index (κ3) is 2.85. The largest absolute Gasteiger partial charge is 0.550 e. The van der Waals surface area contributed by atoms with Gasteiger partial charge in [-0.1, -0.05) is 24.9 Å². The topological polar surface area (TPSA) is 123 Å². The predicted molar refractivity (Wildman–Crippen MR) is 100 cm³/mol. The van der Waals surface area contributed by atoms with E-state index in [1.54, 1.807) is 23.5 Å². The number of hydrogen-bond donors (Lipinski definition) is 2. The Morgan fingerprint density at radius 1 is 1.31 bits per heavy atom. The Morgan fingerprint density at radius 2 is 2.07 bits per heavy atom. The summed E-state index contributed by atoms with van der Waals surface area (Å²) in [5.41, 5.74) is -0.198. The van der Waals surface area contributed by atoms with Crippen molar-refractivity contribution in [3.8, 4) is 0 Å². The first kappa shape index (κ1) is 19.8. The van der Waals surface area contributed by atoms with Gasteiger partial charge in [0.25, 0.3) is 5.91 Å². The van der Waals surface area contributed by atoms with Crippen LogP contribution in [0.25, 0.3) is 0 Å². The van der Waals surface area contributed by atoms with E-state index in [0.717, 1.165) is 6.42 Å². The molecule has 3 heterocycles. The van der Waals surface area contributed by atoms with Crippen LogP contribution in [0.2, 0.25) is 5.02 Å². The number of halogens is 1. The number of fused-ring (bicyclic) bond motifs is 4. The first-order valence-electron chi connectivity index (χ1n) is 9.83. The van der Waals surface area contributed by atoms with Crippen molar-refractivity contribution in [1.29, 1.82) is 0 Å². The number of carboxylic acid groups (broad SMARTS) is 1. The molecule has 0 aliphatic carbocycles. The number of rotatable bonds is 6. The Kier molecular flexibility index (Phi) is 4.86. The molecule has 29 heavy (non-hydrogen) atoms. The fourth-order valence-corrected chi connectivity index (χ4v) is 5.25. The summed E-state index contributed by atoms with van der Waals surface area (Å²) in [6.45, 7) is 2.26. The average Bonchev–Trinajstić information content (AvgIpc) is 3.24. The number of imide groups is 1. The normalized spacial score (nSPS) is 30.1. The van der Waals surface area contributed by atoms with Gasteiger partial charge in [0.15, 0.2) is 0 Å². The van der Waals surface area contributed by atoms with Crippen LogP contribution in [0.5, 0.6) is 0 Å². The van der Waals surface area contributed by atoms with Gasteiger partial charge in [-0.25, -0.2) is 0 Å². The Labute approximate surface area is 172 Å². The molecule has 4 rings (SSSR count). The van der Waals surface area contributed by atoms with Gasteiger partial charge in [-0.15, -0.1) is 0 Å². The minimum Gasteiger partial charge on any atom is -0.550 e. The van der Waals surface area contributed by atoms with Crippen LogP contribution >= 0.6 is 11.6 Å². The summed E-state index contributed by atoms with van der Waals surface area (Å²) in [7, 11) is 0. The fraction of sp³-hybridized carbons (Fsp3) is 0.500. The molecule has 2 saturated heterocycles. The van der Waals surface area contributed by atoms with E-state index in [1.165, 1.54) is 4.90 Å². The van der Waals surface area contributed by atoms with Crippen molar-refractivity contribution in [3.05, 3.63) is 28.8 Å². The molecule has 1 aromatic carbocycles. The number of nitrogens with two attached hydrogens (primary N) is 1. The molecule has 4 atom stereocenters. The summed E-state index contributed by atoms with van der Waals surface area (Å²) in [5.74, 6) is -3.95. The number of benzene rings is 1. The van der Waals surface area contributed by atoms with Crippen LogP contribution in [0.15, 0.2) is 18.2 Å². The number of quaternary nitrogens is 1. The number of carbonyl (C=O) groups excluding carboxylic acids is 4. The highest BCUT2D eigenvalue weighted by Crippen LogP contribution is 2.50. The molecule has 0 radical (unpaired) electrons. The molecule has 8 nitrogen and oxygen atoms in total. The maximum absolute atomic E-state index is 13.3. The van der Waals surface area contributed by atoms with Crippen LogP contribution in [0.3, 0.4) is 0 Å². The van der Waals surface area contributed by atoms with Crippen LogP contribution in [-0.4, -0.2) is 41.2 Å². The van der Waals surface area contributed by atoms with Gasteiger partial charge in [-0.05, 0) is 31.0 Å². The molecule has 3 amide bonds. The molecule has 2 fully saturated rings. The average molecular weight is 420 g/mol. The molecule has 154 valence electrons. The molecule has 3 aliphatic heterocycles. The minimum absolute atomic E-state index is 0.134. The Bertz CT molecular complexity index is 919. The van der Waals surface area contributed by atoms with Crippen LogP contribution in [0.4, 0.5) is 5.69 Å². The van der Waals surface area contributed by atoms with E-state index in [1.807, 2.05) is 6.92 Å². The first-order valence-corrected chi connectivity index (χ1v) is 10.2. The van der Waals surface area contributed by atoms with Crippen molar-refractivity contribution < 1.29 is 29.6 Å². The maximum Gasteiger partial charge on any atom is 0.291 e. The predicted octanol–water partition coefficient (Wildman–Crippen LogP) is -0.636. The SMILES string of the molecule is CCCCN1C(=O)[C@H]2[C@@H](C1=O)[C@@]1([NH2+][C@@H]2CCC(=O)[O-])C(=O)Nc2ccc(Cl)cc21. The molecule has 1 spiro atoms. The number of nitrogens with one attached hydrogen (secondary N) is 1.